The van der Waals surface area contributed by atoms with E-state index in [1.165, 1.54) is 33.2 Å². The number of anilines is 3. The van der Waals surface area contributed by atoms with Gasteiger partial charge in [-0.1, -0.05) is 121 Å². The van der Waals surface area contributed by atoms with Crippen molar-refractivity contribution in [3.63, 3.8) is 0 Å². The van der Waals surface area contributed by atoms with Crippen molar-refractivity contribution in [2.24, 2.45) is 0 Å². The summed E-state index contributed by atoms with van der Waals surface area (Å²) < 4.78 is 6.52. The van der Waals surface area contributed by atoms with Crippen LogP contribution in [0, 0.1) is 0 Å². The smallest absolute Gasteiger partial charge is 0.143 e. The maximum absolute atomic E-state index is 6.52. The Kier molecular flexibility index (Phi) is 5.57. The van der Waals surface area contributed by atoms with Gasteiger partial charge in [0, 0.05) is 22.0 Å². The Hall–Kier alpha value is -5.80. The number of rotatable bonds is 4. The standard InChI is InChI=1S/C41H28N2O/c1-2-10-27(11-3-1)28-18-20-30(21-19-28)41-42-36-15-7-8-16-37(36)43(41)32-24-22-29(23-25-32)39-33-13-5-4-12-31(33)26-35-34-14-6-9-17-38(34)44-40(35)39/h1-26,41-42H. The maximum Gasteiger partial charge on any atom is 0.143 e. The molecule has 1 atom stereocenters. The molecule has 3 nitrogen and oxygen atoms in total. The van der Waals surface area contributed by atoms with Crippen LogP contribution in [0.2, 0.25) is 0 Å². The lowest BCUT2D eigenvalue weighted by atomic mass is 9.95. The predicted molar refractivity (Wildman–Crippen MR) is 183 cm³/mol. The van der Waals surface area contributed by atoms with Crippen molar-refractivity contribution in [1.29, 1.82) is 0 Å². The number of furan rings is 1. The molecule has 44 heavy (non-hydrogen) atoms. The molecule has 0 bridgehead atoms. The minimum atomic E-state index is -0.0253. The zero-order valence-electron chi connectivity index (χ0n) is 23.9. The summed E-state index contributed by atoms with van der Waals surface area (Å²) in [6.45, 7) is 0. The first kappa shape index (κ1) is 24.8. The zero-order valence-corrected chi connectivity index (χ0v) is 23.9. The number of hydrogen-bond donors (Lipinski definition) is 1. The summed E-state index contributed by atoms with van der Waals surface area (Å²) in [5, 5.41) is 8.47. The summed E-state index contributed by atoms with van der Waals surface area (Å²) in [5.74, 6) is 0. The van der Waals surface area contributed by atoms with E-state index in [4.69, 9.17) is 4.42 Å². The molecule has 0 aliphatic carbocycles. The van der Waals surface area contributed by atoms with E-state index in [9.17, 15) is 0 Å². The first-order chi connectivity index (χ1) is 21.8. The Labute approximate surface area is 255 Å². The fourth-order valence-electron chi connectivity index (χ4n) is 6.76. The van der Waals surface area contributed by atoms with Crippen molar-refractivity contribution in [3.05, 3.63) is 163 Å². The van der Waals surface area contributed by atoms with E-state index in [-0.39, 0.29) is 6.17 Å². The van der Waals surface area contributed by atoms with Crippen LogP contribution in [-0.2, 0) is 0 Å². The highest BCUT2D eigenvalue weighted by Gasteiger charge is 2.31. The van der Waals surface area contributed by atoms with Gasteiger partial charge < -0.3 is 14.6 Å². The van der Waals surface area contributed by atoms with E-state index in [1.807, 2.05) is 6.07 Å². The third-order valence-electron chi connectivity index (χ3n) is 8.87. The van der Waals surface area contributed by atoms with Crippen LogP contribution in [-0.4, -0.2) is 0 Å². The Morgan fingerprint density at radius 3 is 2.02 bits per heavy atom. The molecular weight excluding hydrogens is 536 g/mol. The van der Waals surface area contributed by atoms with Crippen LogP contribution in [0.25, 0.3) is 55.0 Å². The van der Waals surface area contributed by atoms with Crippen molar-refractivity contribution in [1.82, 2.24) is 0 Å². The molecule has 2 heterocycles. The Bertz CT molecular complexity index is 2300. The normalized spacial score (nSPS) is 14.3. The summed E-state index contributed by atoms with van der Waals surface area (Å²) in [7, 11) is 0. The zero-order chi connectivity index (χ0) is 29.0. The molecule has 0 saturated heterocycles. The van der Waals surface area contributed by atoms with Crippen molar-refractivity contribution in [2.75, 3.05) is 10.2 Å². The van der Waals surface area contributed by atoms with Gasteiger partial charge in [0.25, 0.3) is 0 Å². The Morgan fingerprint density at radius 1 is 0.523 bits per heavy atom. The molecule has 208 valence electrons. The van der Waals surface area contributed by atoms with Crippen molar-refractivity contribution in [2.45, 2.75) is 6.17 Å². The molecule has 0 fully saturated rings. The third-order valence-corrected chi connectivity index (χ3v) is 8.87. The maximum atomic E-state index is 6.52. The Balaban J connectivity index is 1.15. The van der Waals surface area contributed by atoms with Gasteiger partial charge in [0.1, 0.15) is 17.3 Å². The average molecular weight is 565 g/mol. The number of nitrogens with one attached hydrogen (secondary N) is 1. The van der Waals surface area contributed by atoms with E-state index < -0.39 is 0 Å². The minimum absolute atomic E-state index is 0.0253. The summed E-state index contributed by atoms with van der Waals surface area (Å²) in [4.78, 5) is 2.40. The van der Waals surface area contributed by atoms with Crippen LogP contribution in [0.15, 0.2) is 162 Å². The van der Waals surface area contributed by atoms with Gasteiger partial charge in [0.2, 0.25) is 0 Å². The van der Waals surface area contributed by atoms with Gasteiger partial charge in [-0.05, 0) is 69.4 Å². The number of benzene rings is 7. The molecule has 0 amide bonds. The van der Waals surface area contributed by atoms with Crippen LogP contribution in [0.4, 0.5) is 17.1 Å². The molecule has 1 aliphatic rings. The summed E-state index contributed by atoms with van der Waals surface area (Å²) >= 11 is 0. The van der Waals surface area contributed by atoms with Gasteiger partial charge >= 0.3 is 0 Å². The van der Waals surface area contributed by atoms with Gasteiger partial charge in [0.05, 0.1) is 11.4 Å². The second-order valence-electron chi connectivity index (χ2n) is 11.4. The number of hydrogen-bond acceptors (Lipinski definition) is 3. The Morgan fingerprint density at radius 2 is 1.18 bits per heavy atom. The summed E-state index contributed by atoms with van der Waals surface area (Å²) in [6.07, 6.45) is -0.0253. The molecule has 0 spiro atoms. The predicted octanol–water partition coefficient (Wildman–Crippen LogP) is 11.3. The number of fused-ring (bicyclic) bond motifs is 5. The van der Waals surface area contributed by atoms with E-state index >= 15 is 0 Å². The van der Waals surface area contributed by atoms with Crippen LogP contribution in [0.3, 0.4) is 0 Å². The molecule has 3 heteroatoms. The lowest BCUT2D eigenvalue weighted by Gasteiger charge is -2.28. The molecular formula is C41H28N2O. The molecule has 8 aromatic rings. The van der Waals surface area contributed by atoms with Crippen LogP contribution >= 0.6 is 0 Å². The highest BCUT2D eigenvalue weighted by atomic mass is 16.3. The summed E-state index contributed by atoms with van der Waals surface area (Å²) in [5.41, 5.74) is 11.2. The van der Waals surface area contributed by atoms with E-state index in [1.54, 1.807) is 0 Å². The summed E-state index contributed by atoms with van der Waals surface area (Å²) in [6, 6.07) is 56.1. The van der Waals surface area contributed by atoms with Crippen LogP contribution < -0.4 is 10.2 Å². The van der Waals surface area contributed by atoms with E-state index in [0.717, 1.165) is 44.4 Å². The van der Waals surface area contributed by atoms with Gasteiger partial charge in [0.15, 0.2) is 0 Å². The monoisotopic (exact) mass is 564 g/mol. The second-order valence-corrected chi connectivity index (χ2v) is 11.4. The van der Waals surface area contributed by atoms with Crippen LogP contribution in [0.1, 0.15) is 11.7 Å². The molecule has 1 aliphatic heterocycles. The van der Waals surface area contributed by atoms with Gasteiger partial charge in [-0.15, -0.1) is 0 Å². The first-order valence-electron chi connectivity index (χ1n) is 15.1. The van der Waals surface area contributed by atoms with E-state index in [2.05, 4.69) is 162 Å². The molecule has 9 rings (SSSR count). The fraction of sp³-hybridized carbons (Fsp3) is 0.0244. The third kappa shape index (κ3) is 3.90. The molecule has 1 N–H and O–H groups in total. The highest BCUT2D eigenvalue weighted by Crippen LogP contribution is 2.47. The quantitative estimate of drug-likeness (QED) is 0.230. The SMILES string of the molecule is c1ccc(-c2ccc(C3Nc4ccccc4N3c3ccc(-c4c5ccccc5cc5c4oc4ccccc45)cc3)cc2)cc1. The van der Waals surface area contributed by atoms with E-state index in [0.29, 0.717) is 0 Å². The van der Waals surface area contributed by atoms with Gasteiger partial charge in [-0.2, -0.15) is 0 Å². The largest absolute Gasteiger partial charge is 0.455 e. The second kappa shape index (κ2) is 9.89. The molecule has 1 unspecified atom stereocenters. The average Bonchev–Trinajstić information content (AvgIpc) is 3.66. The van der Waals surface area contributed by atoms with Gasteiger partial charge in [-0.3, -0.25) is 0 Å². The van der Waals surface area contributed by atoms with Crippen LogP contribution in [0.5, 0.6) is 0 Å². The lowest BCUT2D eigenvalue weighted by molar-refractivity contribution is 0.670. The van der Waals surface area contributed by atoms with Gasteiger partial charge in [-0.25, -0.2) is 0 Å². The van der Waals surface area contributed by atoms with Crippen molar-refractivity contribution in [3.8, 4) is 22.3 Å². The first-order valence-corrected chi connectivity index (χ1v) is 15.1. The lowest BCUT2D eigenvalue weighted by Crippen LogP contribution is -2.23. The number of nitrogens with zero attached hydrogens (tertiary/aromatic N) is 1. The molecule has 0 radical (unpaired) electrons. The minimum Gasteiger partial charge on any atom is -0.455 e. The molecule has 0 saturated carbocycles. The number of para-hydroxylation sites is 3. The van der Waals surface area contributed by atoms with Crippen molar-refractivity contribution >= 4 is 49.8 Å². The molecule has 7 aromatic carbocycles. The highest BCUT2D eigenvalue weighted by molar-refractivity contribution is 6.18. The molecule has 1 aromatic heterocycles. The topological polar surface area (TPSA) is 28.4 Å². The fourth-order valence-corrected chi connectivity index (χ4v) is 6.76. The van der Waals surface area contributed by atoms with Crippen molar-refractivity contribution < 1.29 is 4.42 Å².